The van der Waals surface area contributed by atoms with Gasteiger partial charge in [0.05, 0.1) is 7.11 Å². The Kier molecular flexibility index (Phi) is 9.97. The molecule has 0 N–H and O–H groups in total. The molecular weight excluding hydrogens is 580 g/mol. The summed E-state index contributed by atoms with van der Waals surface area (Å²) in [6.07, 6.45) is 5.45. The molecule has 0 amide bonds. The van der Waals surface area contributed by atoms with Crippen LogP contribution in [-0.4, -0.2) is 33.8 Å². The van der Waals surface area contributed by atoms with Crippen LogP contribution >= 0.6 is 0 Å². The van der Waals surface area contributed by atoms with Crippen LogP contribution in [0.4, 0.5) is 0 Å². The van der Waals surface area contributed by atoms with E-state index in [0.717, 1.165) is 19.3 Å². The third-order valence-electron chi connectivity index (χ3n) is 7.53. The Bertz CT molecular complexity index is 569. The Hall–Kier alpha value is 0.542. The average Bonchev–Trinajstić information content (AvgIpc) is 2.51. The fourth-order valence-corrected chi connectivity index (χ4v) is 5.92. The number of carbonyl (C=O) groups is 2. The van der Waals surface area contributed by atoms with Crippen LogP contribution in [0, 0.1) is 29.1 Å². The minimum absolute atomic E-state index is 0. The number of fused-ring (bicyclic) bond motifs is 1. The van der Waals surface area contributed by atoms with E-state index in [-0.39, 0.29) is 73.6 Å². The van der Waals surface area contributed by atoms with Crippen molar-refractivity contribution in [3.05, 3.63) is 6.42 Å². The quantitative estimate of drug-likeness (QED) is 0.275. The molecule has 0 aromatic heterocycles. The molecule has 0 aromatic carbocycles. The van der Waals surface area contributed by atoms with Crippen molar-refractivity contribution in [2.24, 2.45) is 22.7 Å². The third-order valence-corrected chi connectivity index (χ3v) is 12.0. The molecule has 2 rings (SSSR count). The summed E-state index contributed by atoms with van der Waals surface area (Å²) in [5.74, 6) is -0.690. The molecule has 0 saturated heterocycles. The molecule has 2 aliphatic carbocycles. The van der Waals surface area contributed by atoms with E-state index in [1.165, 1.54) is 7.11 Å². The Balaban J connectivity index is 0.00000364. The van der Waals surface area contributed by atoms with Crippen LogP contribution in [0.3, 0.4) is 0 Å². The van der Waals surface area contributed by atoms with Crippen molar-refractivity contribution >= 4 is 20.1 Å². The molecule has 2 aliphatic rings. The number of carbonyl (C=O) groups excluding carboxylic acids is 2. The Morgan fingerprint density at radius 3 is 2.36 bits per heavy atom. The number of Topliss-reactive ketones (excluding diaryl/α,β-unsaturated/α-hetero) is 1. The van der Waals surface area contributed by atoms with E-state index >= 15 is 0 Å². The summed E-state index contributed by atoms with van der Waals surface area (Å²) in [5, 5.41) is 0.165. The number of halogens is 1. The van der Waals surface area contributed by atoms with Crippen molar-refractivity contribution in [2.45, 2.75) is 78.4 Å². The van der Waals surface area contributed by atoms with Gasteiger partial charge in [0.2, 0.25) is 0 Å². The number of hydrogen-bond acceptors (Lipinski definition) is 4. The van der Waals surface area contributed by atoms with Crippen LogP contribution in [0.5, 0.6) is 0 Å². The molecule has 2 saturated carbocycles. The first-order valence-electron chi connectivity index (χ1n) is 9.87. The number of esters is 1. The van der Waals surface area contributed by atoms with Crippen molar-refractivity contribution in [1.82, 2.24) is 0 Å². The molecule has 0 heterocycles. The topological polar surface area (TPSA) is 52.6 Å². The molecule has 0 aliphatic heterocycles. The molecule has 1 unspecified atom stereocenters. The van der Waals surface area contributed by atoms with Gasteiger partial charge < -0.3 is 21.6 Å². The van der Waals surface area contributed by atoms with Gasteiger partial charge in [-0.3, -0.25) is 9.59 Å². The van der Waals surface area contributed by atoms with E-state index in [9.17, 15) is 9.59 Å². The van der Waals surface area contributed by atoms with Crippen LogP contribution in [0.1, 0.15) is 60.3 Å². The minimum atomic E-state index is -1.85. The zero-order valence-electron chi connectivity index (χ0n) is 19.0. The Morgan fingerprint density at radius 1 is 1.29 bits per heavy atom. The van der Waals surface area contributed by atoms with Gasteiger partial charge in [-0.15, -0.1) is 0 Å². The normalized spacial score (nSPS) is 33.2. The maximum atomic E-state index is 12.6. The van der Waals surface area contributed by atoms with Crippen molar-refractivity contribution in [1.29, 1.82) is 0 Å². The van der Waals surface area contributed by atoms with Crippen LogP contribution in [0.25, 0.3) is 0 Å². The molecule has 28 heavy (non-hydrogen) atoms. The number of ketones is 1. The Morgan fingerprint density at radius 2 is 1.86 bits per heavy atom. The maximum Gasteiger partial charge on any atom is 1.00 e. The average molecular weight is 618 g/mol. The third kappa shape index (κ3) is 5.23. The molecule has 158 valence electrons. The van der Waals surface area contributed by atoms with E-state index in [0.29, 0.717) is 13.0 Å². The summed E-state index contributed by atoms with van der Waals surface area (Å²) < 4.78 is 11.6. The predicted molar refractivity (Wildman–Crippen MR) is 106 cm³/mol. The van der Waals surface area contributed by atoms with Crippen molar-refractivity contribution in [3.63, 3.8) is 0 Å². The second-order valence-electron chi connectivity index (χ2n) is 10.3. The summed E-state index contributed by atoms with van der Waals surface area (Å²) >= 11 is 0. The first-order valence-corrected chi connectivity index (χ1v) is 12.8. The van der Waals surface area contributed by atoms with Crippen molar-refractivity contribution in [2.75, 3.05) is 13.7 Å². The number of hydrogen-bond donors (Lipinski definition) is 0. The molecule has 0 spiro atoms. The molecule has 4 atom stereocenters. The van der Waals surface area contributed by atoms with Gasteiger partial charge in [-0.25, -0.2) is 0 Å². The second kappa shape index (κ2) is 9.78. The SMILES string of the molecule is COC(=O)[C@H]1C(=O)CCC2[C@](C)(CO[Si](C)(C)C(C)(C)C)[CH]CC[C@@]21C.[Cl-].[Hg+]. The zero-order chi connectivity index (χ0) is 20.0. The van der Waals surface area contributed by atoms with Crippen LogP contribution < -0.4 is 12.4 Å². The molecule has 0 bridgehead atoms. The van der Waals surface area contributed by atoms with E-state index in [1.54, 1.807) is 0 Å². The van der Waals surface area contributed by atoms with Crippen LogP contribution in [-0.2, 0) is 46.4 Å². The maximum absolute atomic E-state index is 12.6. The van der Waals surface area contributed by atoms with Gasteiger partial charge in [0, 0.05) is 13.0 Å². The summed E-state index contributed by atoms with van der Waals surface area (Å²) in [5.41, 5.74) is -0.460. The van der Waals surface area contributed by atoms with Crippen LogP contribution in [0.15, 0.2) is 0 Å². The van der Waals surface area contributed by atoms with E-state index in [1.807, 2.05) is 0 Å². The van der Waals surface area contributed by atoms with Crippen molar-refractivity contribution in [3.8, 4) is 0 Å². The van der Waals surface area contributed by atoms with E-state index < -0.39 is 14.2 Å². The van der Waals surface area contributed by atoms with Crippen LogP contribution in [0.2, 0.25) is 18.1 Å². The van der Waals surface area contributed by atoms with Crippen molar-refractivity contribution < 1.29 is 58.8 Å². The molecule has 2 radical (unpaired) electrons. The molecular formula is C21H37ClHgO4Si. The number of ether oxygens (including phenoxy) is 1. The van der Waals surface area contributed by atoms with Gasteiger partial charge >= 0.3 is 33.6 Å². The smallest absolute Gasteiger partial charge is 1.00 e. The van der Waals surface area contributed by atoms with Gasteiger partial charge in [0.1, 0.15) is 11.7 Å². The summed E-state index contributed by atoms with van der Waals surface area (Å²) in [7, 11) is -0.468. The van der Waals surface area contributed by atoms with E-state index in [2.05, 4.69) is 54.1 Å². The second-order valence-corrected chi connectivity index (χ2v) is 15.1. The molecule has 0 aromatic rings. The fourth-order valence-electron chi connectivity index (χ4n) is 4.82. The largest absolute Gasteiger partial charge is 1.00 e. The van der Waals surface area contributed by atoms with Gasteiger partial charge in [0.15, 0.2) is 8.32 Å². The fraction of sp³-hybridized carbons (Fsp3) is 0.857. The first kappa shape index (κ1) is 28.5. The summed E-state index contributed by atoms with van der Waals surface area (Å²) in [6, 6.07) is 0. The molecule has 2 fully saturated rings. The first-order chi connectivity index (χ1) is 11.8. The monoisotopic (exact) mass is 618 g/mol. The van der Waals surface area contributed by atoms with E-state index in [4.69, 9.17) is 9.16 Å². The Labute approximate surface area is 199 Å². The van der Waals surface area contributed by atoms with Gasteiger partial charge in [0.25, 0.3) is 0 Å². The zero-order valence-corrected chi connectivity index (χ0v) is 26.2. The van der Waals surface area contributed by atoms with Gasteiger partial charge in [-0.2, -0.15) is 0 Å². The number of methoxy groups -OCH3 is 1. The molecule has 7 heteroatoms. The summed E-state index contributed by atoms with van der Waals surface area (Å²) in [4.78, 5) is 25.0. The van der Waals surface area contributed by atoms with Gasteiger partial charge in [-0.05, 0) is 60.6 Å². The van der Waals surface area contributed by atoms with Gasteiger partial charge in [-0.1, -0.05) is 34.6 Å². The standard InChI is InChI=1S/C21H37O4Si.ClH.Hg/c1-19(2,3)26(7,8)25-14-20(4)12-9-13-21(5)16(20)11-10-15(22)17(21)18(23)24-6;;/h12,16-17H,9-11,13-14H2,1-8H3;1H;/q;;+1/p-1/t16?,17-,20+,21+;;/m1../s1. The minimum Gasteiger partial charge on any atom is -1.00 e. The summed E-state index contributed by atoms with van der Waals surface area (Å²) in [6.45, 7) is 16.4. The molecule has 4 nitrogen and oxygen atoms in total. The predicted octanol–water partition coefficient (Wildman–Crippen LogP) is 1.79. The number of rotatable bonds is 4.